The number of amides is 1. The standard InChI is InChI=1S/C22H19FN4O2/c1-13-6-7-17(23)19(8-13)27-12-15(10-21(27)28)22-25-20(29-26-22)9-14-11-24-18-5-3-2-4-16(14)18/h2-8,11,15,24H,9-10,12H2,1H3. The lowest BCUT2D eigenvalue weighted by Gasteiger charge is -2.17. The summed E-state index contributed by atoms with van der Waals surface area (Å²) in [4.78, 5) is 21.7. The van der Waals surface area contributed by atoms with Gasteiger partial charge in [-0.15, -0.1) is 0 Å². The van der Waals surface area contributed by atoms with Crippen molar-refractivity contribution in [3.63, 3.8) is 0 Å². The Morgan fingerprint density at radius 2 is 2.14 bits per heavy atom. The van der Waals surface area contributed by atoms with Crippen LogP contribution in [0.1, 0.15) is 35.2 Å². The number of aromatic nitrogens is 3. The number of benzene rings is 2. The smallest absolute Gasteiger partial charge is 0.231 e. The third-order valence-electron chi connectivity index (χ3n) is 5.38. The number of H-pyrrole nitrogens is 1. The van der Waals surface area contributed by atoms with Crippen molar-refractivity contribution < 1.29 is 13.7 Å². The molecular formula is C22H19FN4O2. The normalized spacial score (nSPS) is 16.8. The minimum Gasteiger partial charge on any atom is -0.361 e. The molecule has 2 aromatic carbocycles. The van der Waals surface area contributed by atoms with Gasteiger partial charge in [0.25, 0.3) is 0 Å². The molecule has 1 fully saturated rings. The first-order valence-electron chi connectivity index (χ1n) is 9.52. The number of aryl methyl sites for hydroxylation is 1. The third kappa shape index (κ3) is 3.18. The van der Waals surface area contributed by atoms with E-state index in [-0.39, 0.29) is 18.2 Å². The summed E-state index contributed by atoms with van der Waals surface area (Å²) in [7, 11) is 0. The van der Waals surface area contributed by atoms with Crippen LogP contribution >= 0.6 is 0 Å². The molecule has 1 aliphatic heterocycles. The van der Waals surface area contributed by atoms with Crippen molar-refractivity contribution in [2.45, 2.75) is 25.7 Å². The van der Waals surface area contributed by atoms with Crippen molar-refractivity contribution in [2.75, 3.05) is 11.4 Å². The van der Waals surface area contributed by atoms with Gasteiger partial charge in [-0.3, -0.25) is 4.79 Å². The Hall–Kier alpha value is -3.48. The van der Waals surface area contributed by atoms with Crippen molar-refractivity contribution in [3.05, 3.63) is 77.3 Å². The van der Waals surface area contributed by atoms with E-state index in [2.05, 4.69) is 15.1 Å². The van der Waals surface area contributed by atoms with Crippen molar-refractivity contribution >= 4 is 22.5 Å². The second-order valence-electron chi connectivity index (χ2n) is 7.44. The molecule has 1 N–H and O–H groups in total. The first-order chi connectivity index (χ1) is 14.1. The number of hydrogen-bond acceptors (Lipinski definition) is 4. The van der Waals surface area contributed by atoms with Gasteiger partial charge in [0.1, 0.15) is 5.82 Å². The van der Waals surface area contributed by atoms with Gasteiger partial charge in [0, 0.05) is 36.0 Å². The maximum Gasteiger partial charge on any atom is 0.231 e. The summed E-state index contributed by atoms with van der Waals surface area (Å²) in [6, 6.07) is 12.8. The highest BCUT2D eigenvalue weighted by Crippen LogP contribution is 2.32. The van der Waals surface area contributed by atoms with Crippen LogP contribution in [0.4, 0.5) is 10.1 Å². The van der Waals surface area contributed by atoms with Crippen molar-refractivity contribution in [1.82, 2.24) is 15.1 Å². The molecule has 1 atom stereocenters. The zero-order valence-electron chi connectivity index (χ0n) is 15.9. The number of carbonyl (C=O) groups is 1. The lowest BCUT2D eigenvalue weighted by Crippen LogP contribution is -2.25. The highest BCUT2D eigenvalue weighted by atomic mass is 19.1. The molecule has 146 valence electrons. The Morgan fingerprint density at radius 1 is 1.28 bits per heavy atom. The minimum absolute atomic E-state index is 0.137. The number of para-hydroxylation sites is 1. The summed E-state index contributed by atoms with van der Waals surface area (Å²) in [5.74, 6) is 0.226. The number of carbonyl (C=O) groups excluding carboxylic acids is 1. The lowest BCUT2D eigenvalue weighted by molar-refractivity contribution is -0.117. The molecule has 4 aromatic rings. The van der Waals surface area contributed by atoms with Gasteiger partial charge in [0.05, 0.1) is 12.1 Å². The molecule has 6 nitrogen and oxygen atoms in total. The fourth-order valence-corrected chi connectivity index (χ4v) is 3.89. The molecular weight excluding hydrogens is 371 g/mol. The number of hydrogen-bond donors (Lipinski definition) is 1. The predicted octanol–water partition coefficient (Wildman–Crippen LogP) is 4.11. The summed E-state index contributed by atoms with van der Waals surface area (Å²) in [5.41, 5.74) is 3.33. The molecule has 3 heterocycles. The zero-order chi connectivity index (χ0) is 20.0. The van der Waals surface area contributed by atoms with Crippen LogP contribution in [-0.4, -0.2) is 27.6 Å². The molecule has 0 bridgehead atoms. The molecule has 0 aliphatic carbocycles. The van der Waals surface area contributed by atoms with E-state index in [1.165, 1.54) is 11.0 Å². The Bertz CT molecular complexity index is 1210. The van der Waals surface area contributed by atoms with Crippen LogP contribution in [0.25, 0.3) is 10.9 Å². The second kappa shape index (κ2) is 6.84. The Balaban J connectivity index is 1.36. The van der Waals surface area contributed by atoms with Crippen LogP contribution in [0, 0.1) is 12.7 Å². The second-order valence-corrected chi connectivity index (χ2v) is 7.44. The van der Waals surface area contributed by atoms with Gasteiger partial charge in [-0.05, 0) is 36.2 Å². The first-order valence-corrected chi connectivity index (χ1v) is 9.52. The molecule has 1 amide bonds. The van der Waals surface area contributed by atoms with Crippen LogP contribution in [0.2, 0.25) is 0 Å². The summed E-state index contributed by atoms with van der Waals surface area (Å²) in [5, 5.41) is 5.21. The monoisotopic (exact) mass is 390 g/mol. The van der Waals surface area contributed by atoms with Gasteiger partial charge >= 0.3 is 0 Å². The van der Waals surface area contributed by atoms with E-state index in [1.807, 2.05) is 37.4 Å². The summed E-state index contributed by atoms with van der Waals surface area (Å²) >= 11 is 0. The minimum atomic E-state index is -0.405. The molecule has 0 spiro atoms. The number of aromatic amines is 1. The van der Waals surface area contributed by atoms with Crippen molar-refractivity contribution in [3.8, 4) is 0 Å². The molecule has 1 saturated heterocycles. The molecule has 0 saturated carbocycles. The fraction of sp³-hybridized carbons (Fsp3) is 0.227. The number of nitrogens with zero attached hydrogens (tertiary/aromatic N) is 3. The van der Waals surface area contributed by atoms with Gasteiger partial charge in [0.15, 0.2) is 5.82 Å². The van der Waals surface area contributed by atoms with E-state index in [9.17, 15) is 9.18 Å². The fourth-order valence-electron chi connectivity index (χ4n) is 3.89. The van der Waals surface area contributed by atoms with Gasteiger partial charge < -0.3 is 14.4 Å². The maximum absolute atomic E-state index is 14.2. The number of rotatable bonds is 4. The highest BCUT2D eigenvalue weighted by Gasteiger charge is 2.35. The SMILES string of the molecule is Cc1ccc(F)c(N2CC(c3noc(Cc4c[nH]c5ccccc45)n3)CC2=O)c1. The van der Waals surface area contributed by atoms with E-state index in [0.29, 0.717) is 30.4 Å². The van der Waals surface area contributed by atoms with Crippen LogP contribution in [0.5, 0.6) is 0 Å². The van der Waals surface area contributed by atoms with Crippen LogP contribution < -0.4 is 4.90 Å². The molecule has 7 heteroatoms. The largest absolute Gasteiger partial charge is 0.361 e. The molecule has 1 unspecified atom stereocenters. The average molecular weight is 390 g/mol. The Morgan fingerprint density at radius 3 is 3.03 bits per heavy atom. The molecule has 29 heavy (non-hydrogen) atoms. The third-order valence-corrected chi connectivity index (χ3v) is 5.38. The average Bonchev–Trinajstić information content (AvgIpc) is 3.43. The lowest BCUT2D eigenvalue weighted by atomic mass is 10.1. The summed E-state index contributed by atoms with van der Waals surface area (Å²) < 4.78 is 19.7. The first kappa shape index (κ1) is 17.6. The van der Waals surface area contributed by atoms with E-state index in [1.54, 1.807) is 12.1 Å². The highest BCUT2D eigenvalue weighted by molar-refractivity contribution is 5.96. The molecule has 1 aliphatic rings. The topological polar surface area (TPSA) is 75.0 Å². The van der Waals surface area contributed by atoms with E-state index in [0.717, 1.165) is 22.0 Å². The van der Waals surface area contributed by atoms with Crippen LogP contribution in [-0.2, 0) is 11.2 Å². The summed E-state index contributed by atoms with van der Waals surface area (Å²) in [6.07, 6.45) is 2.68. The molecule has 2 aromatic heterocycles. The molecule has 5 rings (SSSR count). The van der Waals surface area contributed by atoms with Crippen molar-refractivity contribution in [1.29, 1.82) is 0 Å². The van der Waals surface area contributed by atoms with Crippen LogP contribution in [0.15, 0.2) is 53.2 Å². The zero-order valence-corrected chi connectivity index (χ0v) is 15.9. The van der Waals surface area contributed by atoms with Gasteiger partial charge in [-0.25, -0.2) is 4.39 Å². The number of anilines is 1. The van der Waals surface area contributed by atoms with Gasteiger partial charge in [-0.1, -0.05) is 29.4 Å². The van der Waals surface area contributed by atoms with E-state index >= 15 is 0 Å². The van der Waals surface area contributed by atoms with Gasteiger partial charge in [0.2, 0.25) is 11.8 Å². The molecule has 0 radical (unpaired) electrons. The van der Waals surface area contributed by atoms with E-state index < -0.39 is 5.82 Å². The van der Waals surface area contributed by atoms with Gasteiger partial charge in [-0.2, -0.15) is 4.98 Å². The number of nitrogens with one attached hydrogen (secondary N) is 1. The Labute approximate surface area is 166 Å². The number of fused-ring (bicyclic) bond motifs is 1. The summed E-state index contributed by atoms with van der Waals surface area (Å²) in [6.45, 7) is 2.21. The Kier molecular flexibility index (Phi) is 4.16. The van der Waals surface area contributed by atoms with Crippen LogP contribution in [0.3, 0.4) is 0 Å². The maximum atomic E-state index is 14.2. The number of halogens is 1. The van der Waals surface area contributed by atoms with E-state index in [4.69, 9.17) is 4.52 Å². The quantitative estimate of drug-likeness (QED) is 0.569. The predicted molar refractivity (Wildman–Crippen MR) is 106 cm³/mol. The van der Waals surface area contributed by atoms with Crippen molar-refractivity contribution in [2.24, 2.45) is 0 Å².